The molecule has 0 bridgehead atoms. The Kier molecular flexibility index (Phi) is 3.67. The molecule has 0 spiro atoms. The predicted molar refractivity (Wildman–Crippen MR) is 91.5 cm³/mol. The van der Waals surface area contributed by atoms with Crippen LogP contribution in [0.15, 0.2) is 24.4 Å². The monoisotopic (exact) mass is 326 g/mol. The molecule has 6 nitrogen and oxygen atoms in total. The van der Waals surface area contributed by atoms with Crippen molar-refractivity contribution in [2.75, 3.05) is 11.9 Å². The average molecular weight is 326 g/mol. The molecule has 1 fully saturated rings. The smallest absolute Gasteiger partial charge is 0.319 e. The molecule has 1 saturated carbocycles. The second-order valence-electron chi connectivity index (χ2n) is 6.75. The molecule has 4 rings (SSSR count). The summed E-state index contributed by atoms with van der Waals surface area (Å²) < 4.78 is 7.59. The molecular formula is C18H22N4O2. The number of anilines is 1. The van der Waals surface area contributed by atoms with Crippen LogP contribution in [0, 0.1) is 6.92 Å². The van der Waals surface area contributed by atoms with Gasteiger partial charge in [0.05, 0.1) is 17.4 Å². The van der Waals surface area contributed by atoms with E-state index in [2.05, 4.69) is 21.8 Å². The van der Waals surface area contributed by atoms with Crippen molar-refractivity contribution in [3.8, 4) is 5.75 Å². The average Bonchev–Trinajstić information content (AvgIpc) is 3.31. The Balaban J connectivity index is 1.40. The molecule has 1 aromatic heterocycles. The van der Waals surface area contributed by atoms with E-state index in [1.54, 1.807) is 4.68 Å². The molecule has 2 N–H and O–H groups in total. The number of hydrogen-bond donors (Lipinski definition) is 2. The second-order valence-corrected chi connectivity index (χ2v) is 6.75. The van der Waals surface area contributed by atoms with E-state index in [9.17, 15) is 4.79 Å². The van der Waals surface area contributed by atoms with Crippen molar-refractivity contribution in [1.29, 1.82) is 0 Å². The van der Waals surface area contributed by atoms with Crippen LogP contribution in [0.4, 0.5) is 10.5 Å². The minimum Gasteiger partial charge on any atom is -0.491 e. The SMILES string of the molecule is Cc1cccc2c1OC[C@H](NC(=O)Nc1cn(C)nc1C1CC1)C2. The number of carbonyl (C=O) groups is 1. The topological polar surface area (TPSA) is 68.2 Å². The minimum absolute atomic E-state index is 0.0275. The van der Waals surface area contributed by atoms with E-state index >= 15 is 0 Å². The van der Waals surface area contributed by atoms with Gasteiger partial charge in [0.15, 0.2) is 0 Å². The summed E-state index contributed by atoms with van der Waals surface area (Å²) in [6.45, 7) is 2.54. The van der Waals surface area contributed by atoms with Crippen molar-refractivity contribution in [2.45, 2.75) is 38.1 Å². The lowest BCUT2D eigenvalue weighted by molar-refractivity contribution is 0.222. The number of carbonyl (C=O) groups excluding carboxylic acids is 1. The summed E-state index contributed by atoms with van der Waals surface area (Å²) >= 11 is 0. The molecule has 1 aliphatic carbocycles. The summed E-state index contributed by atoms with van der Waals surface area (Å²) in [6, 6.07) is 5.90. The Bertz CT molecular complexity index is 779. The third-order valence-corrected chi connectivity index (χ3v) is 4.59. The van der Waals surface area contributed by atoms with Crippen LogP contribution in [-0.2, 0) is 13.5 Å². The van der Waals surface area contributed by atoms with Crippen molar-refractivity contribution in [1.82, 2.24) is 15.1 Å². The standard InChI is InChI=1S/C18H22N4O2/c1-11-4-3-5-13-8-14(10-24-17(11)13)19-18(23)20-15-9-22(2)21-16(15)12-6-7-12/h3-5,9,12,14H,6-8,10H2,1-2H3,(H2,19,20,23)/t14-/m1/s1. The minimum atomic E-state index is -0.199. The molecule has 24 heavy (non-hydrogen) atoms. The molecule has 2 aliphatic rings. The van der Waals surface area contributed by atoms with E-state index in [0.29, 0.717) is 12.5 Å². The number of hydrogen-bond acceptors (Lipinski definition) is 3. The molecule has 0 unspecified atom stereocenters. The van der Waals surface area contributed by atoms with E-state index in [1.165, 1.54) is 0 Å². The molecule has 1 aliphatic heterocycles. The van der Waals surface area contributed by atoms with Crippen LogP contribution in [0.2, 0.25) is 0 Å². The number of aromatic nitrogens is 2. The molecule has 126 valence electrons. The van der Waals surface area contributed by atoms with E-state index in [4.69, 9.17) is 4.74 Å². The van der Waals surface area contributed by atoms with Crippen molar-refractivity contribution >= 4 is 11.7 Å². The fraction of sp³-hybridized carbons (Fsp3) is 0.444. The van der Waals surface area contributed by atoms with Crippen molar-refractivity contribution in [3.63, 3.8) is 0 Å². The normalized spacial score (nSPS) is 19.3. The van der Waals surface area contributed by atoms with Gasteiger partial charge in [-0.15, -0.1) is 0 Å². The molecule has 1 atom stereocenters. The number of rotatable bonds is 3. The molecular weight excluding hydrogens is 304 g/mol. The van der Waals surface area contributed by atoms with Gasteiger partial charge in [-0.05, 0) is 37.3 Å². The lowest BCUT2D eigenvalue weighted by Crippen LogP contribution is -2.44. The van der Waals surface area contributed by atoms with E-state index in [0.717, 1.165) is 47.5 Å². The van der Waals surface area contributed by atoms with Crippen LogP contribution in [0.3, 0.4) is 0 Å². The van der Waals surface area contributed by atoms with E-state index in [-0.39, 0.29) is 12.1 Å². The van der Waals surface area contributed by atoms with Crippen LogP contribution in [0.1, 0.15) is 35.6 Å². The number of fused-ring (bicyclic) bond motifs is 1. The van der Waals surface area contributed by atoms with Gasteiger partial charge < -0.3 is 15.4 Å². The first-order valence-corrected chi connectivity index (χ1v) is 8.42. The van der Waals surface area contributed by atoms with Crippen molar-refractivity contribution in [2.24, 2.45) is 7.05 Å². The third kappa shape index (κ3) is 2.96. The van der Waals surface area contributed by atoms with Gasteiger partial charge in [0, 0.05) is 19.2 Å². The number of aryl methyl sites for hydroxylation is 2. The Morgan fingerprint density at radius 1 is 1.38 bits per heavy atom. The Hall–Kier alpha value is -2.50. The van der Waals surface area contributed by atoms with Crippen molar-refractivity contribution in [3.05, 3.63) is 41.2 Å². The maximum atomic E-state index is 12.3. The summed E-state index contributed by atoms with van der Waals surface area (Å²) in [4.78, 5) is 12.3. The van der Waals surface area contributed by atoms with Gasteiger partial charge in [-0.2, -0.15) is 5.10 Å². The van der Waals surface area contributed by atoms with Crippen LogP contribution < -0.4 is 15.4 Å². The highest BCUT2D eigenvalue weighted by atomic mass is 16.5. The Morgan fingerprint density at radius 3 is 3.00 bits per heavy atom. The van der Waals surface area contributed by atoms with Gasteiger partial charge in [0.25, 0.3) is 0 Å². The van der Waals surface area contributed by atoms with Gasteiger partial charge >= 0.3 is 6.03 Å². The summed E-state index contributed by atoms with van der Waals surface area (Å²) in [5, 5.41) is 10.4. The maximum absolute atomic E-state index is 12.3. The first kappa shape index (κ1) is 15.1. The van der Waals surface area contributed by atoms with Crippen LogP contribution in [0.25, 0.3) is 0 Å². The van der Waals surface area contributed by atoms with Gasteiger partial charge in [0.2, 0.25) is 0 Å². The highest BCUT2D eigenvalue weighted by molar-refractivity contribution is 5.90. The first-order valence-electron chi connectivity index (χ1n) is 8.42. The molecule has 2 amide bonds. The summed E-state index contributed by atoms with van der Waals surface area (Å²) in [7, 11) is 1.88. The largest absolute Gasteiger partial charge is 0.491 e. The Labute approximate surface area is 141 Å². The number of benzene rings is 1. The number of urea groups is 1. The molecule has 2 aromatic rings. The number of nitrogens with one attached hydrogen (secondary N) is 2. The number of ether oxygens (including phenoxy) is 1. The number of nitrogens with zero attached hydrogens (tertiary/aromatic N) is 2. The van der Waals surface area contributed by atoms with Crippen molar-refractivity contribution < 1.29 is 9.53 Å². The highest BCUT2D eigenvalue weighted by Crippen LogP contribution is 2.42. The summed E-state index contributed by atoms with van der Waals surface area (Å²) in [5.41, 5.74) is 4.09. The quantitative estimate of drug-likeness (QED) is 0.911. The zero-order chi connectivity index (χ0) is 16.7. The van der Waals surface area contributed by atoms with Gasteiger partial charge in [-0.25, -0.2) is 4.79 Å². The number of para-hydroxylation sites is 1. The zero-order valence-corrected chi connectivity index (χ0v) is 14.0. The fourth-order valence-corrected chi connectivity index (χ4v) is 3.29. The molecule has 0 saturated heterocycles. The lowest BCUT2D eigenvalue weighted by Gasteiger charge is -2.27. The van der Waals surface area contributed by atoms with Crippen LogP contribution in [0.5, 0.6) is 5.75 Å². The molecule has 0 radical (unpaired) electrons. The maximum Gasteiger partial charge on any atom is 0.319 e. The van der Waals surface area contributed by atoms with E-state index < -0.39 is 0 Å². The van der Waals surface area contributed by atoms with Crippen LogP contribution in [-0.4, -0.2) is 28.5 Å². The molecule has 1 aromatic carbocycles. The Morgan fingerprint density at radius 2 is 2.21 bits per heavy atom. The summed E-state index contributed by atoms with van der Waals surface area (Å²) in [5.74, 6) is 1.45. The van der Waals surface area contributed by atoms with Gasteiger partial charge in [0.1, 0.15) is 12.4 Å². The van der Waals surface area contributed by atoms with Crippen LogP contribution >= 0.6 is 0 Å². The van der Waals surface area contributed by atoms with Gasteiger partial charge in [-0.3, -0.25) is 4.68 Å². The first-order chi connectivity index (χ1) is 11.6. The predicted octanol–water partition coefficient (Wildman–Crippen LogP) is 2.73. The second kappa shape index (κ2) is 5.85. The van der Waals surface area contributed by atoms with E-state index in [1.807, 2.05) is 32.3 Å². The zero-order valence-electron chi connectivity index (χ0n) is 14.0. The lowest BCUT2D eigenvalue weighted by atomic mass is 10.0. The summed E-state index contributed by atoms with van der Waals surface area (Å²) in [6.07, 6.45) is 4.95. The number of amides is 2. The molecule has 6 heteroatoms. The van der Waals surface area contributed by atoms with Gasteiger partial charge in [-0.1, -0.05) is 18.2 Å². The fourth-order valence-electron chi connectivity index (χ4n) is 3.29. The third-order valence-electron chi connectivity index (χ3n) is 4.59. The molecule has 2 heterocycles. The highest BCUT2D eigenvalue weighted by Gasteiger charge is 2.30.